The van der Waals surface area contributed by atoms with Crippen molar-refractivity contribution >= 4 is 0 Å². The van der Waals surface area contributed by atoms with Crippen LogP contribution in [0.3, 0.4) is 0 Å². The minimum Gasteiger partial charge on any atom is -0.395 e. The Morgan fingerprint density at radius 3 is 0.654 bits per heavy atom. The molecule has 35 N–H and O–H groups in total. The van der Waals surface area contributed by atoms with E-state index >= 15 is 0 Å². The van der Waals surface area contributed by atoms with Crippen LogP contribution in [0.25, 0.3) is 0 Å². The van der Waals surface area contributed by atoms with Crippen molar-refractivity contribution in [3.05, 3.63) is 0 Å². The van der Waals surface area contributed by atoms with E-state index in [1.54, 1.807) is 55.6 Å². The lowest BCUT2D eigenvalue weighted by Crippen LogP contribution is -2.41. The highest BCUT2D eigenvalue weighted by Gasteiger charge is 2.14. The van der Waals surface area contributed by atoms with Gasteiger partial charge in [-0.1, -0.05) is 124 Å². The van der Waals surface area contributed by atoms with Gasteiger partial charge < -0.3 is 187 Å². The molecule has 0 radical (unpaired) electrons. The highest BCUT2D eigenvalue weighted by molar-refractivity contribution is 4.76. The van der Waals surface area contributed by atoms with Crippen LogP contribution in [-0.2, 0) is 4.74 Å². The molecule has 0 aliphatic carbocycles. The second-order valence-electron chi connectivity index (χ2n) is 23.7. The van der Waals surface area contributed by atoms with Crippen LogP contribution in [0.4, 0.5) is 0 Å². The van der Waals surface area contributed by atoms with Crippen LogP contribution in [0.15, 0.2) is 0 Å². The van der Waals surface area contributed by atoms with Gasteiger partial charge >= 0.3 is 0 Å². The van der Waals surface area contributed by atoms with Crippen LogP contribution >= 0.6 is 0 Å². The Hall–Kier alpha value is -1.44. The number of hydrogen-bond donors (Lipinski definition) is 35. The van der Waals surface area contributed by atoms with Crippen molar-refractivity contribution in [1.82, 2.24) is 95.6 Å². The molecule has 780 valence electrons. The Morgan fingerprint density at radius 2 is 0.402 bits per heavy atom. The second-order valence-corrected chi connectivity index (χ2v) is 23.7. The zero-order valence-corrected chi connectivity index (χ0v) is 74.7. The first-order valence-electron chi connectivity index (χ1n) is 88.7. The summed E-state index contributed by atoms with van der Waals surface area (Å²) in [5, 5.41) is 75.0. The molecule has 0 amide bonds. The summed E-state index contributed by atoms with van der Waals surface area (Å²) >= 11 is 0. The predicted molar refractivity (Wildman–Crippen MR) is 530 cm³/mol. The van der Waals surface area contributed by atoms with Gasteiger partial charge in [0.15, 0.2) is 0 Å². The Morgan fingerprint density at radius 1 is 0.213 bits per heavy atom. The lowest BCUT2D eigenvalue weighted by atomic mass is 10.2. The number of aliphatic hydroxyl groups excluding tert-OH is 15. The van der Waals surface area contributed by atoms with Crippen molar-refractivity contribution in [2.75, 3.05) is 243 Å². The van der Waals surface area contributed by atoms with Gasteiger partial charge in [0.1, 0.15) is 25.4 Å². The zero-order chi connectivity index (χ0) is 184. The van der Waals surface area contributed by atoms with E-state index in [2.05, 4.69) is 86.8 Å². The topological polar surface area (TPSA) is 570 Å². The van der Waals surface area contributed by atoms with Gasteiger partial charge in [-0.2, -0.15) is 0 Å². The molecule has 0 aromatic rings. The molecular weight excluding hydrogens is 1630 g/mol. The third kappa shape index (κ3) is 103. The maximum atomic E-state index is 8.13. The van der Waals surface area contributed by atoms with Gasteiger partial charge in [0, 0.05) is 319 Å². The summed E-state index contributed by atoms with van der Waals surface area (Å²) in [6.07, 6.45) is -23.8. The quantitative estimate of drug-likeness (QED) is 0.0314. The molecule has 36 nitrogen and oxygen atoms in total. The molecule has 0 aromatic heterocycles. The Balaban J connectivity index is -0.000000342. The van der Waals surface area contributed by atoms with Crippen LogP contribution in [0.5, 0.6) is 0 Å². The molecule has 0 heterocycles. The van der Waals surface area contributed by atoms with E-state index in [1.807, 2.05) is 13.8 Å². The Kier molecular flexibility index (Phi) is 38.7. The lowest BCUT2D eigenvalue weighted by molar-refractivity contribution is 0.164. The highest BCUT2D eigenvalue weighted by atomic mass is 16.5. The maximum Gasteiger partial charge on any atom is 0.210 e. The Labute approximate surface area is 922 Å². The molecular formula is C91H218N18O18. The smallest absolute Gasteiger partial charge is 0.210 e. The summed E-state index contributed by atoms with van der Waals surface area (Å²) < 4.78 is 774. The van der Waals surface area contributed by atoms with Gasteiger partial charge in [-0.25, -0.2) is 0 Å². The zero-order valence-electron chi connectivity index (χ0n) is 177. The molecule has 0 aliphatic heterocycles. The molecule has 0 fully saturated rings. The summed E-state index contributed by atoms with van der Waals surface area (Å²) in [4.78, 5) is 0. The third-order valence-corrected chi connectivity index (χ3v) is 14.6. The van der Waals surface area contributed by atoms with Crippen molar-refractivity contribution in [2.24, 2.45) is 0 Å². The first kappa shape index (κ1) is 40.8. The number of rotatable bonds is 99. The van der Waals surface area contributed by atoms with E-state index in [-0.39, 0.29) is 132 Å². The standard InChI is InChI=1S/C11H26N2O2.8C10H24N2O2/c1-4-10(8-14)12-6-7-13-11(5-2)9-15-3;8*1-3-9(7-13)11-5-6-12-10(4-2)8-14/h10-14H,4-9H2,1-3H3;8*9-14H,3-8H2,1-2H3/t10-,11-;9-,10+;7*9-,10-/m0.1110000/s1/i14D;5D2,6D2,9D,13D,14D;1D3,2D3,3D2,4D2,5D2,6D2,9D,10D,13D,14D;1D3,2D3,3D2,4D2,9D,10D,13D,14D;9D,10D,13D,14D;1D3,2D3,3D2,4D2,5D2,6D2,13D,14D;1D3,2D3,3D2,4D2,13D,14D;7D2,8D2,13D,14D;5D2,6D2,13D,14D/hD18/m011110000/s1. The highest BCUT2D eigenvalue weighted by Crippen LogP contribution is 1.99. The van der Waals surface area contributed by atoms with Crippen LogP contribution in [0, 0.1) is 0 Å². The van der Waals surface area contributed by atoms with Crippen LogP contribution in [0.2, 0.25) is 25.4 Å². The van der Waals surface area contributed by atoms with E-state index in [0.29, 0.717) is 59.1 Å². The van der Waals surface area contributed by atoms with Crippen molar-refractivity contribution in [3.63, 3.8) is 0 Å². The molecule has 18 atom stereocenters. The summed E-state index contributed by atoms with van der Waals surface area (Å²) in [5.41, 5.74) is 0. The number of hydrogen-bond acceptors (Lipinski definition) is 36. The monoisotopic (exact) mass is 1950 g/mol. The van der Waals surface area contributed by atoms with Crippen LogP contribution < -0.4 is 95.6 Å². The lowest BCUT2D eigenvalue weighted by Gasteiger charge is -2.18. The second kappa shape index (κ2) is 121. The minimum atomic E-state index is -4.17. The number of ether oxygens (including phenoxy) is 1. The van der Waals surface area contributed by atoms with E-state index in [1.165, 1.54) is 17.5 Å². The first-order valence-corrected chi connectivity index (χ1v) is 40.2. The fourth-order valence-electron chi connectivity index (χ4n) is 6.68. The van der Waals surface area contributed by atoms with Crippen LogP contribution in [-0.4, -0.2) is 463 Å². The van der Waals surface area contributed by atoms with Gasteiger partial charge in [-0.15, -0.1) is 0 Å². The molecule has 0 aliphatic rings. The van der Waals surface area contributed by atoms with Crippen molar-refractivity contribution in [3.8, 4) is 0 Å². The summed E-state index contributed by atoms with van der Waals surface area (Å²) in [5.74, 6) is 0. The molecule has 0 bridgehead atoms. The third-order valence-electron chi connectivity index (χ3n) is 14.6. The number of nitrogens with one attached hydrogen (secondary N) is 18. The fourth-order valence-corrected chi connectivity index (χ4v) is 6.68. The van der Waals surface area contributed by atoms with Crippen molar-refractivity contribution in [2.45, 2.75) is 348 Å². The average Bonchev–Trinajstić information content (AvgIpc) is 0.705. The van der Waals surface area contributed by atoms with E-state index in [0.717, 1.165) is 34.1 Å². The molecule has 127 heavy (non-hydrogen) atoms. The van der Waals surface area contributed by atoms with Crippen molar-refractivity contribution < 1.29 is 209 Å². The largest absolute Gasteiger partial charge is 0.395 e. The SMILES string of the molecule is [2H]OC([2H])([2H])[C@H](CC)N([2H])CCN([2H])[C@@H](CC)C([2H])([2H])O[2H].[2H]OC[C@@H](N([2H])C([2H])([2H])C([2H])([2H])N([2H])[C@H](CO[2H])C([2H])([2H])C([2H])([2H])[2H])C([2H])([2H])C([2H])([2H])[2H].[2H]OC[C@@H](N([2H])CCN([2H])[C@H](CO[2H])C([2H])([2H])C([2H])([2H])[2H])C([2H])([2H])C([2H])([2H])[2H].[2H]OC[C@@]([2H])(CC)N([2H])CCN([2H])[C@]([2H])(CC)CO[2H].[2H]OC[C@H](CC)N([2H])C([2H])([2H])C([2H])([2H])N([2H])[C@@H](CC)CO[2H].[2H]OC[C@H](CC)N([2H])C([2H])([2H])C([2H])([2H])N([2H])[C@]([2H])(CC)CO[2H].[2H]OC[C@H](CC)N([2H])CCN([2H])[C@@H](CC)COC.[2H]OC[C@]([2H])(N([2H])C([2H])([2H])C([2H])([2H])N([2H])[C@@]([2H])(CO[2H])C([2H])([2H])C([2H])([2H])[2H])C([2H])([2H])C([2H])([2H])[2H].[2H]OC[C@]([2H])(N([2H])CCN([2H])[C@@]([2H])(CO[2H])C([2H])([2H])C([2H])([2H])[2H])C([2H])([2H])C([2H])([2H])[2H]. The Bertz CT molecular complexity index is 5620. The summed E-state index contributed by atoms with van der Waals surface area (Å²) in [6, 6.07) is -30.8. The van der Waals surface area contributed by atoms with Gasteiger partial charge in [0.25, 0.3) is 0 Å². The van der Waals surface area contributed by atoms with E-state index < -0.39 is 374 Å². The van der Waals surface area contributed by atoms with Crippen molar-refractivity contribution in [1.29, 1.82) is 24.3 Å². The fraction of sp³-hybridized carbons (Fsp3) is 1.00. The molecule has 0 saturated carbocycles. The molecule has 0 unspecified atom stereocenters. The molecule has 0 saturated heterocycles. The number of aliphatic hydroxyl groups is 17. The number of methoxy groups -OCH3 is 1. The average molecular weight is 1960 g/mol. The minimum absolute atomic E-state index is 0.0462. The van der Waals surface area contributed by atoms with Crippen LogP contribution in [0.1, 0.15) is 331 Å². The van der Waals surface area contributed by atoms with Gasteiger partial charge in [0.05, 0.1) is 124 Å². The summed E-state index contributed by atoms with van der Waals surface area (Å²) in [6.45, 7) is -55.0. The van der Waals surface area contributed by atoms with Gasteiger partial charge in [-0.3, -0.25) is 0 Å². The van der Waals surface area contributed by atoms with Gasteiger partial charge in [0.2, 0.25) is 24.3 Å². The van der Waals surface area contributed by atoms with E-state index in [4.69, 9.17) is 146 Å². The normalized spacial score (nSPS) is 32.2. The van der Waals surface area contributed by atoms with Gasteiger partial charge in [-0.05, 0) is 115 Å². The van der Waals surface area contributed by atoms with E-state index in [9.17, 15) is 0 Å². The molecule has 0 rings (SSSR count). The first-order chi connectivity index (χ1) is 103. The molecule has 36 heteroatoms. The molecule has 0 aromatic carbocycles. The maximum absolute atomic E-state index is 8.13. The molecule has 0 spiro atoms. The summed E-state index contributed by atoms with van der Waals surface area (Å²) in [7, 11) is 1.63. The predicted octanol–water partition coefficient (Wildman–Crippen LogP) is -1.98.